The molecule has 0 atom stereocenters. The van der Waals surface area contributed by atoms with Gasteiger partial charge in [0.05, 0.1) is 11.1 Å². The van der Waals surface area contributed by atoms with Gasteiger partial charge in [-0.25, -0.2) is 8.78 Å². The van der Waals surface area contributed by atoms with Gasteiger partial charge in [-0.3, -0.25) is 4.68 Å². The van der Waals surface area contributed by atoms with E-state index in [1.807, 2.05) is 6.92 Å². The molecule has 0 amide bonds. The molecule has 0 spiro atoms. The van der Waals surface area contributed by atoms with E-state index in [9.17, 15) is 8.78 Å². The van der Waals surface area contributed by atoms with E-state index in [0.717, 1.165) is 5.56 Å². The van der Waals surface area contributed by atoms with Crippen LogP contribution in [-0.2, 0) is 18.9 Å². The molecule has 1 saturated carbocycles. The summed E-state index contributed by atoms with van der Waals surface area (Å²) in [5, 5.41) is 4.15. The van der Waals surface area contributed by atoms with Gasteiger partial charge in [0.1, 0.15) is 5.82 Å². The van der Waals surface area contributed by atoms with Gasteiger partial charge in [-0.1, -0.05) is 6.92 Å². The topological polar surface area (TPSA) is 43.8 Å². The Labute approximate surface area is 87.3 Å². The first-order valence-electron chi connectivity index (χ1n) is 5.13. The Morgan fingerprint density at radius 2 is 2.13 bits per heavy atom. The lowest BCUT2D eigenvalue weighted by Crippen LogP contribution is -2.19. The maximum atomic E-state index is 12.9. The summed E-state index contributed by atoms with van der Waals surface area (Å²) in [6.07, 6.45) is -0.636. The summed E-state index contributed by atoms with van der Waals surface area (Å²) in [6.45, 7) is 1.92. The van der Waals surface area contributed by atoms with Crippen molar-refractivity contribution in [2.75, 3.05) is 5.73 Å². The third-order valence-corrected chi connectivity index (χ3v) is 3.23. The Morgan fingerprint density at radius 1 is 1.53 bits per heavy atom. The molecule has 5 heteroatoms. The maximum Gasteiger partial charge on any atom is 0.249 e. The Hall–Kier alpha value is -1.13. The average Bonchev–Trinajstić information content (AvgIpc) is 2.93. The molecule has 1 aliphatic rings. The number of nitrogens with two attached hydrogens (primary N) is 1. The molecular weight excluding hydrogens is 200 g/mol. The first-order chi connectivity index (χ1) is 7.03. The minimum atomic E-state index is -2.34. The van der Waals surface area contributed by atoms with E-state index >= 15 is 0 Å². The molecule has 1 aromatic rings. The van der Waals surface area contributed by atoms with E-state index in [-0.39, 0.29) is 0 Å². The lowest BCUT2D eigenvalue weighted by atomic mass is 9.98. The third-order valence-electron chi connectivity index (χ3n) is 3.23. The molecule has 15 heavy (non-hydrogen) atoms. The number of nitrogens with zero attached hydrogens (tertiary/aromatic N) is 2. The highest BCUT2D eigenvalue weighted by Gasteiger charge is 2.55. The molecule has 0 aromatic carbocycles. The highest BCUT2D eigenvalue weighted by atomic mass is 19.3. The van der Waals surface area contributed by atoms with Gasteiger partial charge in [0.2, 0.25) is 6.43 Å². The van der Waals surface area contributed by atoms with E-state index in [2.05, 4.69) is 5.10 Å². The third kappa shape index (κ3) is 1.33. The smallest absolute Gasteiger partial charge is 0.249 e. The Morgan fingerprint density at radius 3 is 2.53 bits per heavy atom. The summed E-state index contributed by atoms with van der Waals surface area (Å²) >= 11 is 0. The van der Waals surface area contributed by atoms with Crippen LogP contribution in [0.25, 0.3) is 0 Å². The molecule has 0 radical (unpaired) electrons. The SMILES string of the molecule is CCc1c(C2(C(F)F)CC2)nn(C)c1N. The molecule has 0 bridgehead atoms. The standard InChI is InChI=1S/C10H15F2N3/c1-3-6-7(14-15(2)8(6)13)10(4-5-10)9(11)12/h9H,3-5,13H2,1-2H3. The van der Waals surface area contributed by atoms with Crippen molar-refractivity contribution in [1.29, 1.82) is 0 Å². The molecule has 2 N–H and O–H groups in total. The van der Waals surface area contributed by atoms with Crippen molar-refractivity contribution in [3.63, 3.8) is 0 Å². The highest BCUT2D eigenvalue weighted by Crippen LogP contribution is 2.53. The van der Waals surface area contributed by atoms with Crippen LogP contribution in [0.5, 0.6) is 0 Å². The van der Waals surface area contributed by atoms with E-state index in [1.165, 1.54) is 4.68 Å². The van der Waals surface area contributed by atoms with Crippen molar-refractivity contribution >= 4 is 5.82 Å². The molecule has 1 aromatic heterocycles. The van der Waals surface area contributed by atoms with Crippen LogP contribution in [0.3, 0.4) is 0 Å². The zero-order chi connectivity index (χ0) is 11.2. The van der Waals surface area contributed by atoms with Crippen LogP contribution >= 0.6 is 0 Å². The van der Waals surface area contributed by atoms with E-state index in [1.54, 1.807) is 7.05 Å². The monoisotopic (exact) mass is 215 g/mol. The predicted octanol–water partition coefficient (Wildman–Crippen LogP) is 1.86. The fraction of sp³-hybridized carbons (Fsp3) is 0.700. The fourth-order valence-corrected chi connectivity index (χ4v) is 2.02. The number of nitrogen functional groups attached to an aromatic ring is 1. The number of aromatic nitrogens is 2. The van der Waals surface area contributed by atoms with Crippen LogP contribution < -0.4 is 5.73 Å². The maximum absolute atomic E-state index is 12.9. The fourth-order valence-electron chi connectivity index (χ4n) is 2.02. The van der Waals surface area contributed by atoms with Crippen molar-refractivity contribution in [1.82, 2.24) is 9.78 Å². The van der Waals surface area contributed by atoms with Gasteiger partial charge in [-0.05, 0) is 19.3 Å². The number of aryl methyl sites for hydroxylation is 1. The number of alkyl halides is 2. The van der Waals surface area contributed by atoms with E-state index in [4.69, 9.17) is 5.73 Å². The number of anilines is 1. The Balaban J connectivity index is 2.49. The molecule has 1 fully saturated rings. The van der Waals surface area contributed by atoms with Gasteiger partial charge < -0.3 is 5.73 Å². The summed E-state index contributed by atoms with van der Waals surface area (Å²) in [7, 11) is 1.69. The summed E-state index contributed by atoms with van der Waals surface area (Å²) in [4.78, 5) is 0. The van der Waals surface area contributed by atoms with Crippen molar-refractivity contribution in [3.05, 3.63) is 11.3 Å². The lowest BCUT2D eigenvalue weighted by molar-refractivity contribution is 0.0991. The molecule has 0 aliphatic heterocycles. The van der Waals surface area contributed by atoms with Gasteiger partial charge in [0, 0.05) is 12.6 Å². The number of halogens is 2. The first kappa shape index (κ1) is 10.4. The molecule has 2 rings (SSSR count). The number of rotatable bonds is 3. The summed E-state index contributed by atoms with van der Waals surface area (Å²) in [5.74, 6) is 0.513. The van der Waals surface area contributed by atoms with Crippen LogP contribution in [0.15, 0.2) is 0 Å². The number of hydrogen-bond donors (Lipinski definition) is 1. The Bertz CT molecular complexity index is 380. The molecule has 0 saturated heterocycles. The summed E-state index contributed by atoms with van der Waals surface area (Å²) in [5.41, 5.74) is 6.10. The van der Waals surface area contributed by atoms with Crippen LogP contribution in [-0.4, -0.2) is 16.2 Å². The van der Waals surface area contributed by atoms with Gasteiger partial charge in [-0.15, -0.1) is 0 Å². The van der Waals surface area contributed by atoms with Crippen molar-refractivity contribution in [2.45, 2.75) is 38.0 Å². The molecule has 84 valence electrons. The normalized spacial score (nSPS) is 18.5. The van der Waals surface area contributed by atoms with Crippen molar-refractivity contribution in [3.8, 4) is 0 Å². The predicted molar refractivity (Wildman–Crippen MR) is 53.9 cm³/mol. The van der Waals surface area contributed by atoms with Crippen LogP contribution in [0, 0.1) is 0 Å². The molecule has 0 unspecified atom stereocenters. The molecule has 3 nitrogen and oxygen atoms in total. The Kier molecular flexibility index (Phi) is 2.20. The van der Waals surface area contributed by atoms with Gasteiger partial charge in [0.25, 0.3) is 0 Å². The molecule has 1 aliphatic carbocycles. The zero-order valence-electron chi connectivity index (χ0n) is 8.93. The number of hydrogen-bond acceptors (Lipinski definition) is 2. The minimum absolute atomic E-state index is 0.513. The van der Waals surface area contributed by atoms with Crippen molar-refractivity contribution in [2.24, 2.45) is 7.05 Å². The summed E-state index contributed by atoms with van der Waals surface area (Å²) < 4.78 is 27.4. The van der Waals surface area contributed by atoms with Crippen LogP contribution in [0.1, 0.15) is 31.0 Å². The van der Waals surface area contributed by atoms with Crippen LogP contribution in [0.2, 0.25) is 0 Å². The van der Waals surface area contributed by atoms with Gasteiger partial charge in [-0.2, -0.15) is 5.10 Å². The second kappa shape index (κ2) is 3.18. The zero-order valence-corrected chi connectivity index (χ0v) is 8.93. The second-order valence-corrected chi connectivity index (χ2v) is 4.15. The largest absolute Gasteiger partial charge is 0.384 e. The van der Waals surface area contributed by atoms with E-state index < -0.39 is 11.8 Å². The van der Waals surface area contributed by atoms with Crippen LogP contribution in [0.4, 0.5) is 14.6 Å². The quantitative estimate of drug-likeness (QED) is 0.836. The van der Waals surface area contributed by atoms with Gasteiger partial charge in [0.15, 0.2) is 0 Å². The second-order valence-electron chi connectivity index (χ2n) is 4.15. The highest BCUT2D eigenvalue weighted by molar-refractivity contribution is 5.48. The molecular formula is C10H15F2N3. The minimum Gasteiger partial charge on any atom is -0.384 e. The van der Waals surface area contributed by atoms with Crippen molar-refractivity contribution < 1.29 is 8.78 Å². The molecule has 1 heterocycles. The average molecular weight is 215 g/mol. The van der Waals surface area contributed by atoms with Gasteiger partial charge >= 0.3 is 0 Å². The summed E-state index contributed by atoms with van der Waals surface area (Å²) in [6, 6.07) is 0. The van der Waals surface area contributed by atoms with E-state index in [0.29, 0.717) is 30.8 Å². The lowest BCUT2D eigenvalue weighted by Gasteiger charge is -2.12. The first-order valence-corrected chi connectivity index (χ1v) is 5.13.